The Morgan fingerprint density at radius 3 is 2.65 bits per heavy atom. The largest absolute Gasteiger partial charge is 0.507 e. The highest BCUT2D eigenvalue weighted by Crippen LogP contribution is 2.42. The van der Waals surface area contributed by atoms with Crippen molar-refractivity contribution in [1.29, 1.82) is 0 Å². The highest BCUT2D eigenvalue weighted by Gasteiger charge is 2.30. The molecular weight excluding hydrogens is 455 g/mol. The summed E-state index contributed by atoms with van der Waals surface area (Å²) in [6.45, 7) is 0.0364. The lowest BCUT2D eigenvalue weighted by molar-refractivity contribution is 0.103. The van der Waals surface area contributed by atoms with E-state index in [0.717, 1.165) is 18.5 Å². The molecule has 5 rings (SSSR count). The predicted molar refractivity (Wildman–Crippen MR) is 128 cm³/mol. The lowest BCUT2D eigenvalue weighted by atomic mass is 10.1. The Kier molecular flexibility index (Phi) is 5.85. The fourth-order valence-electron chi connectivity index (χ4n) is 3.67. The van der Waals surface area contributed by atoms with E-state index in [0.29, 0.717) is 27.4 Å². The predicted octanol–water partition coefficient (Wildman–Crippen LogP) is 5.34. The van der Waals surface area contributed by atoms with E-state index < -0.39 is 6.03 Å². The normalized spacial score (nSPS) is 13.0. The van der Waals surface area contributed by atoms with E-state index in [2.05, 4.69) is 15.7 Å². The lowest BCUT2D eigenvalue weighted by Gasteiger charge is -2.09. The summed E-state index contributed by atoms with van der Waals surface area (Å²) in [5, 5.41) is 22.3. The number of phenolic OH excluding ortho intramolecular Hbond substituents is 1. The molecule has 2 aromatic carbocycles. The van der Waals surface area contributed by atoms with Gasteiger partial charge in [-0.05, 0) is 48.6 Å². The van der Waals surface area contributed by atoms with E-state index in [1.165, 1.54) is 28.2 Å². The van der Waals surface area contributed by atoms with Gasteiger partial charge in [0.05, 0.1) is 16.3 Å². The minimum atomic E-state index is -0.462. The first-order valence-electron chi connectivity index (χ1n) is 10.8. The number of amides is 2. The molecule has 0 aliphatic heterocycles. The smallest absolute Gasteiger partial charge is 0.342 e. The second-order valence-electron chi connectivity index (χ2n) is 8.05. The maximum Gasteiger partial charge on any atom is 0.342 e. The fourth-order valence-corrected chi connectivity index (χ4v) is 4.29. The Hall–Kier alpha value is -3.98. The molecule has 172 valence electrons. The number of aromatic nitrogens is 2. The third-order valence-electron chi connectivity index (χ3n) is 5.59. The molecular formula is C25H21FN4O3S. The summed E-state index contributed by atoms with van der Waals surface area (Å²) in [6, 6.07) is 15.9. The van der Waals surface area contributed by atoms with Crippen LogP contribution in [0.25, 0.3) is 11.3 Å². The molecule has 9 heteroatoms. The molecule has 2 heterocycles. The van der Waals surface area contributed by atoms with E-state index in [1.807, 2.05) is 5.38 Å². The topological polar surface area (TPSA) is 96.3 Å². The van der Waals surface area contributed by atoms with Crippen molar-refractivity contribution in [1.82, 2.24) is 15.1 Å². The molecule has 1 saturated carbocycles. The number of anilines is 1. The van der Waals surface area contributed by atoms with Gasteiger partial charge in [0.15, 0.2) is 0 Å². The van der Waals surface area contributed by atoms with Crippen molar-refractivity contribution in [3.8, 4) is 17.0 Å². The van der Waals surface area contributed by atoms with E-state index >= 15 is 0 Å². The molecule has 7 nitrogen and oxygen atoms in total. The van der Waals surface area contributed by atoms with Gasteiger partial charge in [0, 0.05) is 35.3 Å². The number of halogens is 1. The number of phenols is 1. The number of aromatic hydroxyl groups is 1. The first-order chi connectivity index (χ1) is 16.5. The minimum Gasteiger partial charge on any atom is -0.507 e. The average Bonchev–Trinajstić information content (AvgIpc) is 3.33. The van der Waals surface area contributed by atoms with Crippen LogP contribution in [0.3, 0.4) is 0 Å². The molecule has 0 atom stereocenters. The molecule has 3 N–H and O–H groups in total. The van der Waals surface area contributed by atoms with Crippen LogP contribution in [0.2, 0.25) is 0 Å². The van der Waals surface area contributed by atoms with Gasteiger partial charge < -0.3 is 15.7 Å². The minimum absolute atomic E-state index is 0.0364. The first-order valence-corrected chi connectivity index (χ1v) is 11.7. The molecule has 34 heavy (non-hydrogen) atoms. The second kappa shape index (κ2) is 9.11. The number of hydrogen-bond donors (Lipinski definition) is 3. The lowest BCUT2D eigenvalue weighted by Crippen LogP contribution is -2.30. The average molecular weight is 477 g/mol. The van der Waals surface area contributed by atoms with Gasteiger partial charge in [-0.1, -0.05) is 24.3 Å². The molecule has 1 fully saturated rings. The second-order valence-corrected chi connectivity index (χ2v) is 9.00. The maximum atomic E-state index is 13.9. The number of hydrogen-bond acceptors (Lipinski definition) is 5. The number of benzene rings is 2. The standard InChI is InChI=1S/C25H21FN4O3S/c26-19-5-2-1-4-16(19)14-27-25(33)30-21(15-7-8-15)13-20(29-30)18-10-9-17(12-22(18)31)28-24(32)23-6-3-11-34-23/h1-6,9-13,15,31H,7-8,14H2,(H,27,33)(H,28,32). The number of rotatable bonds is 6. The van der Waals surface area contributed by atoms with Gasteiger partial charge in [0.1, 0.15) is 11.6 Å². The zero-order valence-corrected chi connectivity index (χ0v) is 18.8. The zero-order chi connectivity index (χ0) is 23.7. The Labute approximate surface area is 198 Å². The molecule has 2 aromatic heterocycles. The molecule has 0 radical (unpaired) electrons. The Morgan fingerprint density at radius 1 is 1.12 bits per heavy atom. The molecule has 0 bridgehead atoms. The van der Waals surface area contributed by atoms with Crippen LogP contribution in [0.5, 0.6) is 5.75 Å². The molecule has 0 saturated heterocycles. The number of thiophene rings is 1. The molecule has 1 aliphatic carbocycles. The highest BCUT2D eigenvalue weighted by molar-refractivity contribution is 7.12. The van der Waals surface area contributed by atoms with Crippen molar-refractivity contribution in [2.45, 2.75) is 25.3 Å². The number of nitrogens with one attached hydrogen (secondary N) is 2. The molecule has 2 amide bonds. The summed E-state index contributed by atoms with van der Waals surface area (Å²) < 4.78 is 15.2. The quantitative estimate of drug-likeness (QED) is 0.350. The maximum absolute atomic E-state index is 13.9. The molecule has 0 spiro atoms. The summed E-state index contributed by atoms with van der Waals surface area (Å²) in [5.74, 6) is -0.494. The van der Waals surface area contributed by atoms with E-state index in [1.54, 1.807) is 48.5 Å². The van der Waals surface area contributed by atoms with Gasteiger partial charge >= 0.3 is 6.03 Å². The van der Waals surface area contributed by atoms with Crippen molar-refractivity contribution < 1.29 is 19.1 Å². The first kappa shape index (κ1) is 21.8. The summed E-state index contributed by atoms with van der Waals surface area (Å²) in [4.78, 5) is 25.7. The monoisotopic (exact) mass is 476 g/mol. The van der Waals surface area contributed by atoms with Crippen LogP contribution in [0.4, 0.5) is 14.9 Å². The number of nitrogens with zero attached hydrogens (tertiary/aromatic N) is 2. The molecule has 4 aromatic rings. The zero-order valence-electron chi connectivity index (χ0n) is 18.0. The third-order valence-corrected chi connectivity index (χ3v) is 6.46. The van der Waals surface area contributed by atoms with Gasteiger partial charge in [-0.2, -0.15) is 9.78 Å². The summed E-state index contributed by atoms with van der Waals surface area (Å²) >= 11 is 1.33. The van der Waals surface area contributed by atoms with Crippen molar-refractivity contribution in [2.24, 2.45) is 0 Å². The molecule has 1 aliphatic rings. The van der Waals surface area contributed by atoms with Gasteiger partial charge in [-0.3, -0.25) is 4.79 Å². The van der Waals surface area contributed by atoms with Gasteiger partial charge in [-0.25, -0.2) is 9.18 Å². The van der Waals surface area contributed by atoms with Crippen LogP contribution < -0.4 is 10.6 Å². The van der Waals surface area contributed by atoms with Gasteiger partial charge in [0.25, 0.3) is 5.91 Å². The fraction of sp³-hybridized carbons (Fsp3) is 0.160. The Balaban J connectivity index is 1.36. The van der Waals surface area contributed by atoms with Crippen LogP contribution in [-0.2, 0) is 6.54 Å². The van der Waals surface area contributed by atoms with Gasteiger partial charge in [-0.15, -0.1) is 11.3 Å². The van der Waals surface area contributed by atoms with Crippen molar-refractivity contribution in [3.05, 3.63) is 88.0 Å². The highest BCUT2D eigenvalue weighted by atomic mass is 32.1. The van der Waals surface area contributed by atoms with Crippen molar-refractivity contribution in [2.75, 3.05) is 5.32 Å². The van der Waals surface area contributed by atoms with Crippen LogP contribution in [0, 0.1) is 5.82 Å². The Morgan fingerprint density at radius 2 is 1.94 bits per heavy atom. The SMILES string of the molecule is O=C(Nc1ccc(-c2cc(C3CC3)n(C(=O)NCc3ccccc3F)n2)c(O)c1)c1cccs1. The van der Waals surface area contributed by atoms with Crippen LogP contribution >= 0.6 is 11.3 Å². The van der Waals surface area contributed by atoms with Crippen LogP contribution in [0.15, 0.2) is 66.0 Å². The number of carbonyl (C=O) groups excluding carboxylic acids is 2. The number of carbonyl (C=O) groups is 2. The summed E-state index contributed by atoms with van der Waals surface area (Å²) in [6.07, 6.45) is 1.90. The third kappa shape index (κ3) is 4.55. The van der Waals surface area contributed by atoms with E-state index in [9.17, 15) is 19.1 Å². The molecule has 0 unspecified atom stereocenters. The van der Waals surface area contributed by atoms with Gasteiger partial charge in [0.2, 0.25) is 0 Å². The van der Waals surface area contributed by atoms with Crippen molar-refractivity contribution >= 4 is 29.0 Å². The summed E-state index contributed by atoms with van der Waals surface area (Å²) in [5.41, 5.74) is 2.46. The van der Waals surface area contributed by atoms with E-state index in [-0.39, 0.29) is 29.9 Å². The van der Waals surface area contributed by atoms with Crippen LogP contribution in [-0.4, -0.2) is 26.8 Å². The Bertz CT molecular complexity index is 1360. The van der Waals surface area contributed by atoms with Crippen molar-refractivity contribution in [3.63, 3.8) is 0 Å². The van der Waals surface area contributed by atoms with Crippen LogP contribution in [0.1, 0.15) is 39.7 Å². The summed E-state index contributed by atoms with van der Waals surface area (Å²) in [7, 11) is 0. The van der Waals surface area contributed by atoms with E-state index in [4.69, 9.17) is 0 Å².